The van der Waals surface area contributed by atoms with Crippen LogP contribution in [0.3, 0.4) is 0 Å². The van der Waals surface area contributed by atoms with E-state index >= 15 is 0 Å². The van der Waals surface area contributed by atoms with E-state index in [2.05, 4.69) is 5.32 Å². The van der Waals surface area contributed by atoms with Crippen LogP contribution in [0.25, 0.3) is 0 Å². The molecule has 4 rings (SSSR count). The van der Waals surface area contributed by atoms with Gasteiger partial charge in [-0.2, -0.15) is 0 Å². The van der Waals surface area contributed by atoms with Crippen LogP contribution in [0.4, 0.5) is 11.4 Å². The van der Waals surface area contributed by atoms with Crippen molar-refractivity contribution in [1.82, 2.24) is 0 Å². The van der Waals surface area contributed by atoms with Crippen molar-refractivity contribution < 1.29 is 27.5 Å². The summed E-state index contributed by atoms with van der Waals surface area (Å²) in [6.45, 7) is 0. The summed E-state index contributed by atoms with van der Waals surface area (Å²) in [6, 6.07) is 18.9. The first kappa shape index (κ1) is 24.5. The quantitative estimate of drug-likeness (QED) is 0.465. The van der Waals surface area contributed by atoms with Gasteiger partial charge in [-0.3, -0.25) is 14.4 Å². The van der Waals surface area contributed by atoms with Crippen molar-refractivity contribution in [1.29, 1.82) is 0 Å². The van der Waals surface area contributed by atoms with Crippen LogP contribution in [0, 0.1) is 0 Å². The number of benzene rings is 3. The number of rotatable bonds is 7. The fourth-order valence-corrected chi connectivity index (χ4v) is 5.05. The molecule has 3 amide bonds. The summed E-state index contributed by atoms with van der Waals surface area (Å²) in [5.74, 6) is -0.379. The Morgan fingerprint density at radius 2 is 1.63 bits per heavy atom. The number of thioether (sulfide) groups is 1. The number of methoxy groups -OCH3 is 1. The van der Waals surface area contributed by atoms with Gasteiger partial charge in [0, 0.05) is 22.6 Å². The van der Waals surface area contributed by atoms with Gasteiger partial charge in [-0.05, 0) is 72.8 Å². The fourth-order valence-electron chi connectivity index (χ4n) is 3.48. The van der Waals surface area contributed by atoms with Crippen LogP contribution in [-0.2, 0) is 19.6 Å². The van der Waals surface area contributed by atoms with Crippen molar-refractivity contribution in [2.45, 2.75) is 21.5 Å². The lowest BCUT2D eigenvalue weighted by Gasteiger charge is -2.15. The topological polar surface area (TPSA) is 136 Å². The van der Waals surface area contributed by atoms with Crippen LogP contribution >= 0.6 is 11.8 Å². The molecule has 3 aromatic rings. The maximum atomic E-state index is 12.9. The molecule has 1 aliphatic rings. The molecule has 1 fully saturated rings. The molecule has 3 aromatic carbocycles. The number of carbonyl (C=O) groups is 3. The number of hydrogen-bond donors (Lipinski definition) is 2. The molecule has 180 valence electrons. The van der Waals surface area contributed by atoms with Gasteiger partial charge in [0.05, 0.1) is 22.9 Å². The standard InChI is InChI=1S/C24H21N3O6S2/c1-33-18-8-2-15(3-9-18)23(29)26-16-4-10-19(11-5-16)34-21-14-22(28)27(24(21)30)17-6-12-20(13-7-17)35(25,31)32/h2-13,21H,14H2,1H3,(H,26,29)(H2,25,31,32). The molecule has 1 aliphatic heterocycles. The smallest absolute Gasteiger partial charge is 0.255 e. The Labute approximate surface area is 206 Å². The van der Waals surface area contributed by atoms with Crippen LogP contribution in [0.5, 0.6) is 5.75 Å². The van der Waals surface area contributed by atoms with Crippen LogP contribution in [0.2, 0.25) is 0 Å². The van der Waals surface area contributed by atoms with Gasteiger partial charge >= 0.3 is 0 Å². The highest BCUT2D eigenvalue weighted by Gasteiger charge is 2.40. The summed E-state index contributed by atoms with van der Waals surface area (Å²) < 4.78 is 27.9. The molecule has 11 heteroatoms. The minimum Gasteiger partial charge on any atom is -0.497 e. The highest BCUT2D eigenvalue weighted by molar-refractivity contribution is 8.00. The van der Waals surface area contributed by atoms with Crippen LogP contribution in [0.1, 0.15) is 16.8 Å². The van der Waals surface area contributed by atoms with Crippen LogP contribution in [-0.4, -0.2) is 38.5 Å². The maximum absolute atomic E-state index is 12.9. The average molecular weight is 512 g/mol. The van der Waals surface area contributed by atoms with Gasteiger partial charge < -0.3 is 10.1 Å². The number of nitrogens with two attached hydrogens (primary N) is 1. The Hall–Kier alpha value is -3.67. The lowest BCUT2D eigenvalue weighted by Crippen LogP contribution is -2.31. The van der Waals surface area contributed by atoms with Gasteiger partial charge in [0.15, 0.2) is 0 Å². The van der Waals surface area contributed by atoms with E-state index < -0.39 is 15.3 Å². The molecule has 1 atom stereocenters. The summed E-state index contributed by atoms with van der Waals surface area (Å²) in [6.07, 6.45) is 0.0103. The monoisotopic (exact) mass is 511 g/mol. The zero-order chi connectivity index (χ0) is 25.2. The Bertz CT molecular complexity index is 1370. The molecule has 0 radical (unpaired) electrons. The molecule has 9 nitrogen and oxygen atoms in total. The molecule has 0 bridgehead atoms. The van der Waals surface area contributed by atoms with E-state index in [1.165, 1.54) is 36.0 Å². The number of ether oxygens (including phenoxy) is 1. The number of imide groups is 1. The predicted octanol–water partition coefficient (Wildman–Crippen LogP) is 3.02. The number of sulfonamides is 1. The number of primary sulfonamides is 1. The lowest BCUT2D eigenvalue weighted by atomic mass is 10.2. The van der Waals surface area contributed by atoms with Crippen molar-refractivity contribution in [3.05, 3.63) is 78.4 Å². The molecule has 3 N–H and O–H groups in total. The van der Waals surface area contributed by atoms with Gasteiger partial charge in [-0.25, -0.2) is 18.5 Å². The van der Waals surface area contributed by atoms with Crippen molar-refractivity contribution >= 4 is 50.9 Å². The Kier molecular flexibility index (Phi) is 6.92. The molecular formula is C24H21N3O6S2. The van der Waals surface area contributed by atoms with E-state index in [1.54, 1.807) is 55.6 Å². The number of anilines is 2. The molecule has 0 aromatic heterocycles. The third-order valence-corrected chi connectivity index (χ3v) is 7.40. The van der Waals surface area contributed by atoms with Crippen molar-refractivity contribution in [3.63, 3.8) is 0 Å². The molecule has 0 spiro atoms. The highest BCUT2D eigenvalue weighted by Crippen LogP contribution is 2.34. The third kappa shape index (κ3) is 5.53. The zero-order valence-electron chi connectivity index (χ0n) is 18.5. The first-order valence-corrected chi connectivity index (χ1v) is 12.8. The number of nitrogens with zero attached hydrogens (tertiary/aromatic N) is 1. The summed E-state index contributed by atoms with van der Waals surface area (Å²) in [4.78, 5) is 39.5. The SMILES string of the molecule is COc1ccc(C(=O)Nc2ccc(SC3CC(=O)N(c4ccc(S(N)(=O)=O)cc4)C3=O)cc2)cc1. The van der Waals surface area contributed by atoms with E-state index in [9.17, 15) is 22.8 Å². The molecule has 0 saturated carbocycles. The van der Waals surface area contributed by atoms with Gasteiger partial charge in [-0.15, -0.1) is 11.8 Å². The largest absolute Gasteiger partial charge is 0.497 e. The van der Waals surface area contributed by atoms with Crippen LogP contribution < -0.4 is 20.1 Å². The van der Waals surface area contributed by atoms with Crippen LogP contribution in [0.15, 0.2) is 82.6 Å². The van der Waals surface area contributed by atoms with E-state index in [0.717, 1.165) is 9.80 Å². The first-order valence-electron chi connectivity index (χ1n) is 10.4. The fraction of sp³-hybridized carbons (Fsp3) is 0.125. The number of nitrogens with one attached hydrogen (secondary N) is 1. The summed E-state index contributed by atoms with van der Waals surface area (Å²) in [5, 5.41) is 7.28. The zero-order valence-corrected chi connectivity index (χ0v) is 20.1. The van der Waals surface area contributed by atoms with E-state index in [0.29, 0.717) is 17.0 Å². The van der Waals surface area contributed by atoms with Gasteiger partial charge in [0.25, 0.3) is 5.91 Å². The Morgan fingerprint density at radius 1 is 1.00 bits per heavy atom. The van der Waals surface area contributed by atoms with E-state index in [1.807, 2.05) is 0 Å². The summed E-state index contributed by atoms with van der Waals surface area (Å²) in [7, 11) is -2.32. The molecule has 35 heavy (non-hydrogen) atoms. The van der Waals surface area contributed by atoms with Crippen molar-refractivity contribution in [3.8, 4) is 5.75 Å². The molecular weight excluding hydrogens is 490 g/mol. The van der Waals surface area contributed by atoms with Gasteiger partial charge in [0.1, 0.15) is 5.75 Å². The Morgan fingerprint density at radius 3 is 2.20 bits per heavy atom. The second-order valence-electron chi connectivity index (χ2n) is 7.62. The van der Waals surface area contributed by atoms with Crippen molar-refractivity contribution in [2.24, 2.45) is 5.14 Å². The van der Waals surface area contributed by atoms with Crippen molar-refractivity contribution in [2.75, 3.05) is 17.3 Å². The molecule has 1 heterocycles. The second kappa shape index (κ2) is 9.90. The number of carbonyl (C=O) groups excluding carboxylic acids is 3. The number of hydrogen-bond acceptors (Lipinski definition) is 7. The Balaban J connectivity index is 1.40. The normalized spacial score (nSPS) is 15.8. The minimum atomic E-state index is -3.88. The second-order valence-corrected chi connectivity index (χ2v) is 10.5. The predicted molar refractivity (Wildman–Crippen MR) is 132 cm³/mol. The van der Waals surface area contributed by atoms with Gasteiger partial charge in [0.2, 0.25) is 21.8 Å². The first-order chi connectivity index (χ1) is 16.7. The average Bonchev–Trinajstić information content (AvgIpc) is 3.12. The van der Waals surface area contributed by atoms with E-state index in [4.69, 9.17) is 9.88 Å². The lowest BCUT2D eigenvalue weighted by molar-refractivity contribution is -0.121. The third-order valence-electron chi connectivity index (χ3n) is 5.27. The minimum absolute atomic E-state index is 0.0103. The highest BCUT2D eigenvalue weighted by atomic mass is 32.2. The summed E-state index contributed by atoms with van der Waals surface area (Å²) in [5.41, 5.74) is 1.35. The molecule has 0 aliphatic carbocycles. The number of amides is 3. The summed E-state index contributed by atoms with van der Waals surface area (Å²) >= 11 is 1.24. The van der Waals surface area contributed by atoms with Gasteiger partial charge in [-0.1, -0.05) is 0 Å². The molecule has 1 saturated heterocycles. The maximum Gasteiger partial charge on any atom is 0.255 e. The molecule has 1 unspecified atom stereocenters. The van der Waals surface area contributed by atoms with E-state index in [-0.39, 0.29) is 34.7 Å².